The number of piperidine rings is 1. The van der Waals surface area contributed by atoms with E-state index in [2.05, 4.69) is 20.0 Å². The van der Waals surface area contributed by atoms with Crippen LogP contribution in [0.15, 0.2) is 18.3 Å². The third-order valence-electron chi connectivity index (χ3n) is 4.16. The first-order chi connectivity index (χ1) is 11.1. The van der Waals surface area contributed by atoms with Gasteiger partial charge in [0.15, 0.2) is 5.69 Å². The maximum absolute atomic E-state index is 12.7. The van der Waals surface area contributed by atoms with Crippen molar-refractivity contribution < 1.29 is 14.3 Å². The summed E-state index contributed by atoms with van der Waals surface area (Å²) in [6, 6.07) is 3.42. The first kappa shape index (κ1) is 15.3. The number of carbonyl (C=O) groups excluding carboxylic acids is 2. The normalized spacial score (nSPS) is 18.0. The van der Waals surface area contributed by atoms with Crippen LogP contribution in [0, 0.1) is 0 Å². The number of amides is 1. The van der Waals surface area contributed by atoms with Crippen LogP contribution in [0.4, 0.5) is 0 Å². The number of ether oxygens (including phenoxy) is 1. The van der Waals surface area contributed by atoms with Gasteiger partial charge in [-0.1, -0.05) is 0 Å². The molecule has 8 nitrogen and oxygen atoms in total. The lowest BCUT2D eigenvalue weighted by Crippen LogP contribution is -2.40. The smallest absolute Gasteiger partial charge is 0.358 e. The first-order valence-electron chi connectivity index (χ1n) is 7.51. The van der Waals surface area contributed by atoms with Crippen LogP contribution in [0.2, 0.25) is 0 Å². The van der Waals surface area contributed by atoms with Gasteiger partial charge < -0.3 is 9.64 Å². The van der Waals surface area contributed by atoms with Crippen molar-refractivity contribution in [1.82, 2.24) is 24.9 Å². The van der Waals surface area contributed by atoms with Crippen molar-refractivity contribution >= 4 is 11.9 Å². The summed E-state index contributed by atoms with van der Waals surface area (Å²) < 4.78 is 6.07. The highest BCUT2D eigenvalue weighted by molar-refractivity contribution is 5.96. The Balaban J connectivity index is 1.77. The maximum Gasteiger partial charge on any atom is 0.358 e. The Labute approximate surface area is 133 Å². The minimum atomic E-state index is -0.548. The van der Waals surface area contributed by atoms with E-state index in [1.54, 1.807) is 18.1 Å². The number of aromatic amines is 1. The maximum atomic E-state index is 12.7. The number of hydrogen-bond donors (Lipinski definition) is 1. The molecular formula is C15H19N5O3. The molecule has 0 aromatic carbocycles. The van der Waals surface area contributed by atoms with Gasteiger partial charge in [0.05, 0.1) is 7.11 Å². The zero-order valence-corrected chi connectivity index (χ0v) is 13.2. The number of rotatable bonds is 3. The number of carbonyl (C=O) groups is 2. The number of esters is 1. The molecule has 0 spiro atoms. The second kappa shape index (κ2) is 6.23. The predicted molar refractivity (Wildman–Crippen MR) is 81.0 cm³/mol. The summed E-state index contributed by atoms with van der Waals surface area (Å²) in [5.41, 5.74) is 1.57. The monoisotopic (exact) mass is 317 g/mol. The van der Waals surface area contributed by atoms with E-state index in [0.717, 1.165) is 18.5 Å². The average molecular weight is 317 g/mol. The van der Waals surface area contributed by atoms with Gasteiger partial charge >= 0.3 is 5.97 Å². The largest absolute Gasteiger partial charge is 0.464 e. The van der Waals surface area contributed by atoms with Gasteiger partial charge in [0.1, 0.15) is 5.69 Å². The lowest BCUT2D eigenvalue weighted by molar-refractivity contribution is 0.0592. The average Bonchev–Trinajstić information content (AvgIpc) is 3.23. The second-order valence-corrected chi connectivity index (χ2v) is 5.63. The molecule has 3 rings (SSSR count). The summed E-state index contributed by atoms with van der Waals surface area (Å²) in [7, 11) is 2.94. The lowest BCUT2D eigenvalue weighted by atomic mass is 9.95. The number of hydrogen-bond acceptors (Lipinski definition) is 5. The third-order valence-corrected chi connectivity index (χ3v) is 4.16. The molecule has 1 aliphatic heterocycles. The molecule has 23 heavy (non-hydrogen) atoms. The van der Waals surface area contributed by atoms with Gasteiger partial charge in [-0.15, -0.1) is 0 Å². The van der Waals surface area contributed by atoms with Gasteiger partial charge in [0, 0.05) is 44.0 Å². The fraction of sp³-hybridized carbons (Fsp3) is 0.467. The summed E-state index contributed by atoms with van der Waals surface area (Å²) in [6.07, 6.45) is 3.67. The molecule has 1 N–H and O–H groups in total. The third kappa shape index (κ3) is 2.96. The fourth-order valence-corrected chi connectivity index (χ4v) is 2.94. The number of likely N-dealkylation sites (tertiary alicyclic amines) is 1. The molecule has 8 heteroatoms. The second-order valence-electron chi connectivity index (χ2n) is 5.63. The van der Waals surface area contributed by atoms with Crippen LogP contribution in [0.5, 0.6) is 0 Å². The van der Waals surface area contributed by atoms with Crippen LogP contribution in [0.1, 0.15) is 45.4 Å². The number of nitrogens with zero attached hydrogens (tertiary/aromatic N) is 4. The lowest BCUT2D eigenvalue weighted by Gasteiger charge is -2.32. The highest BCUT2D eigenvalue weighted by Gasteiger charge is 2.28. The van der Waals surface area contributed by atoms with E-state index in [1.165, 1.54) is 17.9 Å². The van der Waals surface area contributed by atoms with E-state index in [1.807, 2.05) is 6.07 Å². The van der Waals surface area contributed by atoms with Crippen molar-refractivity contribution in [3.05, 3.63) is 35.4 Å². The summed E-state index contributed by atoms with van der Waals surface area (Å²) in [5, 5.41) is 11.0. The molecule has 1 amide bonds. The van der Waals surface area contributed by atoms with Crippen LogP contribution < -0.4 is 0 Å². The molecule has 3 heterocycles. The summed E-state index contributed by atoms with van der Waals surface area (Å²) >= 11 is 0. The van der Waals surface area contributed by atoms with Crippen LogP contribution in [-0.2, 0) is 11.8 Å². The zero-order chi connectivity index (χ0) is 16.4. The Bertz CT molecular complexity index is 707. The Morgan fingerprint density at radius 1 is 1.43 bits per heavy atom. The topological polar surface area (TPSA) is 93.1 Å². The molecule has 122 valence electrons. The summed E-state index contributed by atoms with van der Waals surface area (Å²) in [5.74, 6) is -0.420. The van der Waals surface area contributed by atoms with Gasteiger partial charge in [-0.05, 0) is 18.9 Å². The molecule has 0 aliphatic carbocycles. The van der Waals surface area contributed by atoms with Crippen LogP contribution >= 0.6 is 0 Å². The Kier molecular flexibility index (Phi) is 4.14. The standard InChI is InChI=1S/C15H19N5O3/c1-19-13(8-12(18-19)15(22)23-2)14(21)20-7-3-4-10(9-20)11-5-6-16-17-11/h5-6,8,10H,3-4,7,9H2,1-2H3,(H,16,17)/t10-/m1/s1. The van der Waals surface area contributed by atoms with Crippen molar-refractivity contribution in [1.29, 1.82) is 0 Å². The minimum absolute atomic E-state index is 0.126. The highest BCUT2D eigenvalue weighted by atomic mass is 16.5. The quantitative estimate of drug-likeness (QED) is 0.851. The molecule has 2 aromatic heterocycles. The molecule has 1 fully saturated rings. The molecule has 1 aliphatic rings. The summed E-state index contributed by atoms with van der Waals surface area (Å²) in [4.78, 5) is 26.1. The Morgan fingerprint density at radius 2 is 2.26 bits per heavy atom. The minimum Gasteiger partial charge on any atom is -0.464 e. The van der Waals surface area contributed by atoms with E-state index in [4.69, 9.17) is 0 Å². The van der Waals surface area contributed by atoms with Crippen molar-refractivity contribution in [3.63, 3.8) is 0 Å². The Hall–Kier alpha value is -2.64. The van der Waals surface area contributed by atoms with Crippen molar-refractivity contribution in [2.75, 3.05) is 20.2 Å². The van der Waals surface area contributed by atoms with Crippen LogP contribution in [0.3, 0.4) is 0 Å². The number of nitrogens with one attached hydrogen (secondary N) is 1. The first-order valence-corrected chi connectivity index (χ1v) is 7.51. The van der Waals surface area contributed by atoms with E-state index < -0.39 is 5.97 Å². The molecule has 1 atom stereocenters. The van der Waals surface area contributed by atoms with Gasteiger partial charge in [0.25, 0.3) is 5.91 Å². The Morgan fingerprint density at radius 3 is 2.96 bits per heavy atom. The molecular weight excluding hydrogens is 298 g/mol. The zero-order valence-electron chi connectivity index (χ0n) is 13.2. The van der Waals surface area contributed by atoms with E-state index in [0.29, 0.717) is 18.8 Å². The van der Waals surface area contributed by atoms with E-state index in [-0.39, 0.29) is 17.5 Å². The van der Waals surface area contributed by atoms with E-state index >= 15 is 0 Å². The van der Waals surface area contributed by atoms with Crippen LogP contribution in [0.25, 0.3) is 0 Å². The van der Waals surface area contributed by atoms with Crippen molar-refractivity contribution in [3.8, 4) is 0 Å². The number of aryl methyl sites for hydroxylation is 1. The predicted octanol–water partition coefficient (Wildman–Crippen LogP) is 0.950. The van der Waals surface area contributed by atoms with Crippen molar-refractivity contribution in [2.24, 2.45) is 7.05 Å². The molecule has 0 unspecified atom stereocenters. The highest BCUT2D eigenvalue weighted by Crippen LogP contribution is 2.26. The molecule has 0 saturated carbocycles. The van der Waals surface area contributed by atoms with E-state index in [9.17, 15) is 9.59 Å². The SMILES string of the molecule is COC(=O)c1cc(C(=O)N2CCC[C@@H](c3ccn[nH]3)C2)n(C)n1. The van der Waals surface area contributed by atoms with Gasteiger partial charge in [0.2, 0.25) is 0 Å². The summed E-state index contributed by atoms with van der Waals surface area (Å²) in [6.45, 7) is 1.32. The van der Waals surface area contributed by atoms with Gasteiger partial charge in [-0.2, -0.15) is 10.2 Å². The molecule has 2 aromatic rings. The van der Waals surface area contributed by atoms with Gasteiger partial charge in [-0.3, -0.25) is 14.6 Å². The fourth-order valence-electron chi connectivity index (χ4n) is 2.94. The molecule has 0 radical (unpaired) electrons. The van der Waals surface area contributed by atoms with Gasteiger partial charge in [-0.25, -0.2) is 4.79 Å². The number of H-pyrrole nitrogens is 1. The number of aromatic nitrogens is 4. The molecule has 0 bridgehead atoms. The molecule has 1 saturated heterocycles. The van der Waals surface area contributed by atoms with Crippen molar-refractivity contribution in [2.45, 2.75) is 18.8 Å². The number of methoxy groups -OCH3 is 1. The van der Waals surface area contributed by atoms with Crippen LogP contribution in [-0.4, -0.2) is 57.0 Å².